The Labute approximate surface area is 98.2 Å². The van der Waals surface area contributed by atoms with Gasteiger partial charge in [-0.15, -0.1) is 0 Å². The first kappa shape index (κ1) is 11.4. The van der Waals surface area contributed by atoms with Crippen LogP contribution in [0, 0.1) is 5.92 Å². The van der Waals surface area contributed by atoms with Gasteiger partial charge in [-0.2, -0.15) is 0 Å². The number of hydrogen-bond acceptors (Lipinski definition) is 2. The molecule has 0 spiro atoms. The predicted molar refractivity (Wildman–Crippen MR) is 65.9 cm³/mol. The maximum Gasteiger partial charge on any atom is 0.272 e. The summed E-state index contributed by atoms with van der Waals surface area (Å²) in [6.45, 7) is 4.81. The molecular formula is C12H15N3O2. The highest BCUT2D eigenvalue weighted by Crippen LogP contribution is 2.15. The molecule has 0 saturated carbocycles. The van der Waals surface area contributed by atoms with Crippen molar-refractivity contribution in [3.63, 3.8) is 0 Å². The Morgan fingerprint density at radius 2 is 2.18 bits per heavy atom. The summed E-state index contributed by atoms with van der Waals surface area (Å²) in [5, 5.41) is 3.11. The van der Waals surface area contributed by atoms with Crippen molar-refractivity contribution in [3.8, 4) is 0 Å². The van der Waals surface area contributed by atoms with Crippen molar-refractivity contribution in [2.24, 2.45) is 11.7 Å². The minimum atomic E-state index is -0.580. The number of fused-ring (bicyclic) bond motifs is 1. The lowest BCUT2D eigenvalue weighted by molar-refractivity contribution is 0.100. The number of carbonyl (C=O) groups excluding carboxylic acids is 1. The van der Waals surface area contributed by atoms with Gasteiger partial charge in [-0.3, -0.25) is 19.4 Å². The highest BCUT2D eigenvalue weighted by Gasteiger charge is 2.14. The summed E-state index contributed by atoms with van der Waals surface area (Å²) < 4.78 is 1.76. The molecule has 0 radical (unpaired) electrons. The molecule has 1 aromatic carbocycles. The predicted octanol–water partition coefficient (Wildman–Crippen LogP) is 1.08. The average Bonchev–Trinajstić information content (AvgIpc) is 2.55. The number of nitrogens with zero attached hydrogens (tertiary/aromatic N) is 1. The molecule has 0 aliphatic rings. The maximum absolute atomic E-state index is 11.8. The number of rotatable bonds is 3. The van der Waals surface area contributed by atoms with E-state index in [2.05, 4.69) is 18.9 Å². The fourth-order valence-corrected chi connectivity index (χ4v) is 1.96. The number of amides is 1. The number of aromatic nitrogens is 2. The van der Waals surface area contributed by atoms with Crippen LogP contribution in [0.15, 0.2) is 23.0 Å². The molecule has 2 aromatic rings. The second kappa shape index (κ2) is 4.08. The van der Waals surface area contributed by atoms with E-state index in [4.69, 9.17) is 5.73 Å². The Kier molecular flexibility index (Phi) is 2.75. The largest absolute Gasteiger partial charge is 0.366 e. The molecule has 1 amide bonds. The molecule has 3 N–H and O–H groups in total. The molecule has 0 atom stereocenters. The molecule has 90 valence electrons. The fraction of sp³-hybridized carbons (Fsp3) is 0.333. The number of primary amides is 1. The first-order valence-electron chi connectivity index (χ1n) is 5.52. The van der Waals surface area contributed by atoms with E-state index in [1.807, 2.05) is 6.07 Å². The summed E-state index contributed by atoms with van der Waals surface area (Å²) in [7, 11) is 0. The van der Waals surface area contributed by atoms with Gasteiger partial charge in [-0.25, -0.2) is 0 Å². The van der Waals surface area contributed by atoms with Gasteiger partial charge in [0.15, 0.2) is 0 Å². The lowest BCUT2D eigenvalue weighted by atomic mass is 10.1. The van der Waals surface area contributed by atoms with E-state index in [9.17, 15) is 9.59 Å². The van der Waals surface area contributed by atoms with Crippen LogP contribution in [0.4, 0.5) is 0 Å². The van der Waals surface area contributed by atoms with E-state index in [1.54, 1.807) is 16.8 Å². The number of nitrogens with one attached hydrogen (secondary N) is 1. The van der Waals surface area contributed by atoms with Crippen LogP contribution in [0.5, 0.6) is 0 Å². The lowest BCUT2D eigenvalue weighted by Gasteiger charge is -2.07. The van der Waals surface area contributed by atoms with Gasteiger partial charge in [-0.1, -0.05) is 19.9 Å². The first-order chi connectivity index (χ1) is 8.00. The van der Waals surface area contributed by atoms with Crippen molar-refractivity contribution in [2.75, 3.05) is 0 Å². The van der Waals surface area contributed by atoms with E-state index >= 15 is 0 Å². The third kappa shape index (κ3) is 1.95. The zero-order chi connectivity index (χ0) is 12.6. The molecule has 17 heavy (non-hydrogen) atoms. The highest BCUT2D eigenvalue weighted by atomic mass is 16.1. The minimum absolute atomic E-state index is 0.268. The van der Waals surface area contributed by atoms with E-state index < -0.39 is 5.91 Å². The second-order valence-corrected chi connectivity index (χ2v) is 4.51. The molecule has 0 aliphatic heterocycles. The highest BCUT2D eigenvalue weighted by molar-refractivity contribution is 6.05. The number of H-pyrrole nitrogens is 1. The fourth-order valence-electron chi connectivity index (χ4n) is 1.96. The summed E-state index contributed by atoms with van der Waals surface area (Å²) in [5.41, 5.74) is 5.98. The van der Waals surface area contributed by atoms with Gasteiger partial charge in [0, 0.05) is 6.54 Å². The van der Waals surface area contributed by atoms with Crippen LogP contribution in [-0.4, -0.2) is 15.7 Å². The van der Waals surface area contributed by atoms with Crippen LogP contribution in [0.1, 0.15) is 24.2 Å². The second-order valence-electron chi connectivity index (χ2n) is 4.51. The zero-order valence-electron chi connectivity index (χ0n) is 9.86. The molecule has 2 rings (SSSR count). The lowest BCUT2D eigenvalue weighted by Crippen LogP contribution is -2.14. The quantitative estimate of drug-likeness (QED) is 0.831. The van der Waals surface area contributed by atoms with E-state index in [-0.39, 0.29) is 11.1 Å². The molecule has 5 nitrogen and oxygen atoms in total. The van der Waals surface area contributed by atoms with Crippen LogP contribution in [-0.2, 0) is 6.54 Å². The van der Waals surface area contributed by atoms with Crippen molar-refractivity contribution in [3.05, 3.63) is 34.1 Å². The molecule has 1 aromatic heterocycles. The molecule has 0 unspecified atom stereocenters. The normalized spacial score (nSPS) is 11.2. The molecule has 0 fully saturated rings. The van der Waals surface area contributed by atoms with Crippen LogP contribution in [0.25, 0.3) is 10.9 Å². The summed E-state index contributed by atoms with van der Waals surface area (Å²) in [6, 6.07) is 5.11. The summed E-state index contributed by atoms with van der Waals surface area (Å²) in [5.74, 6) is -0.179. The monoisotopic (exact) mass is 233 g/mol. The molecule has 0 aliphatic carbocycles. The summed E-state index contributed by atoms with van der Waals surface area (Å²) in [4.78, 5) is 23.1. The Morgan fingerprint density at radius 3 is 2.76 bits per heavy atom. The number of nitrogens with two attached hydrogens (primary N) is 1. The van der Waals surface area contributed by atoms with Gasteiger partial charge in [0.1, 0.15) is 0 Å². The van der Waals surface area contributed by atoms with Gasteiger partial charge in [-0.05, 0) is 18.1 Å². The van der Waals surface area contributed by atoms with E-state index in [0.717, 1.165) is 5.52 Å². The van der Waals surface area contributed by atoms with Crippen molar-refractivity contribution >= 4 is 16.8 Å². The molecular weight excluding hydrogens is 218 g/mol. The van der Waals surface area contributed by atoms with E-state index in [0.29, 0.717) is 17.8 Å². The average molecular weight is 233 g/mol. The number of aromatic amines is 1. The Hall–Kier alpha value is -2.04. The molecule has 0 bridgehead atoms. The van der Waals surface area contributed by atoms with Gasteiger partial charge in [0.25, 0.3) is 5.56 Å². The van der Waals surface area contributed by atoms with E-state index in [1.165, 1.54) is 0 Å². The number of benzene rings is 1. The first-order valence-corrected chi connectivity index (χ1v) is 5.52. The van der Waals surface area contributed by atoms with Crippen molar-refractivity contribution in [1.29, 1.82) is 0 Å². The van der Waals surface area contributed by atoms with Crippen molar-refractivity contribution in [2.45, 2.75) is 20.4 Å². The number of carbonyl (C=O) groups is 1. The molecule has 0 saturated heterocycles. The Bertz CT molecular complexity index is 622. The topological polar surface area (TPSA) is 80.9 Å². The van der Waals surface area contributed by atoms with Crippen LogP contribution in [0.2, 0.25) is 0 Å². The Balaban J connectivity index is 2.72. The summed E-state index contributed by atoms with van der Waals surface area (Å²) >= 11 is 0. The smallest absolute Gasteiger partial charge is 0.272 e. The molecule has 1 heterocycles. The Morgan fingerprint density at radius 1 is 1.47 bits per heavy atom. The SMILES string of the molecule is CC(C)Cn1[nH]c(=O)c2c(C(N)=O)cccc21. The van der Waals surface area contributed by atoms with Crippen LogP contribution < -0.4 is 11.3 Å². The van der Waals surface area contributed by atoms with Crippen molar-refractivity contribution in [1.82, 2.24) is 9.78 Å². The van der Waals surface area contributed by atoms with Crippen molar-refractivity contribution < 1.29 is 4.79 Å². The van der Waals surface area contributed by atoms with Gasteiger partial charge in [0.2, 0.25) is 5.91 Å². The van der Waals surface area contributed by atoms with Crippen LogP contribution in [0.3, 0.4) is 0 Å². The van der Waals surface area contributed by atoms with Gasteiger partial charge < -0.3 is 5.73 Å². The third-order valence-corrected chi connectivity index (χ3v) is 2.61. The summed E-state index contributed by atoms with van der Waals surface area (Å²) in [6.07, 6.45) is 0. The third-order valence-electron chi connectivity index (χ3n) is 2.61. The maximum atomic E-state index is 11.8. The van der Waals surface area contributed by atoms with Crippen LogP contribution >= 0.6 is 0 Å². The standard InChI is InChI=1S/C12H15N3O2/c1-7(2)6-15-9-5-3-4-8(11(13)16)10(9)12(17)14-15/h3-5,7H,6H2,1-2H3,(H2,13,16)(H,14,17). The molecule has 5 heteroatoms. The zero-order valence-corrected chi connectivity index (χ0v) is 9.86. The van der Waals surface area contributed by atoms with Gasteiger partial charge in [0.05, 0.1) is 16.5 Å². The number of hydrogen-bond donors (Lipinski definition) is 2. The minimum Gasteiger partial charge on any atom is -0.366 e. The van der Waals surface area contributed by atoms with Gasteiger partial charge >= 0.3 is 0 Å².